The number of anilines is 1. The molecule has 3 rings (SSSR count). The monoisotopic (exact) mass is 423 g/mol. The fourth-order valence-electron chi connectivity index (χ4n) is 2.50. The highest BCUT2D eigenvalue weighted by Gasteiger charge is 2.21. The van der Waals surface area contributed by atoms with Crippen molar-refractivity contribution < 1.29 is 18.3 Å². The molecule has 154 valence electrons. The molecule has 9 nitrogen and oxygen atoms in total. The molecule has 0 saturated carbocycles. The maximum atomic E-state index is 12.4. The van der Waals surface area contributed by atoms with Crippen LogP contribution in [0.1, 0.15) is 18.3 Å². The summed E-state index contributed by atoms with van der Waals surface area (Å²) in [5, 5.41) is 14.9. The molecule has 1 aromatic carbocycles. The second-order valence-electron chi connectivity index (χ2n) is 6.14. The van der Waals surface area contributed by atoms with Crippen molar-refractivity contribution in [3.63, 3.8) is 0 Å². The Morgan fingerprint density at radius 2 is 1.93 bits per heavy atom. The molecule has 2 heterocycles. The van der Waals surface area contributed by atoms with Crippen molar-refractivity contribution in [1.29, 1.82) is 0 Å². The zero-order valence-corrected chi connectivity index (χ0v) is 16.7. The van der Waals surface area contributed by atoms with E-state index in [1.807, 2.05) is 19.9 Å². The predicted molar refractivity (Wildman–Crippen MR) is 104 cm³/mol. The molecule has 0 fully saturated rings. The van der Waals surface area contributed by atoms with Gasteiger partial charge in [-0.2, -0.15) is 13.9 Å². The summed E-state index contributed by atoms with van der Waals surface area (Å²) < 4.78 is 31.5. The number of amides is 1. The van der Waals surface area contributed by atoms with Crippen LogP contribution >= 0.6 is 11.8 Å². The SMILES string of the molecule is Cc1cc(C)n(-c2nnc(SC(C)C(=O)Nc3ccc(OC(F)F)cc3)n2N)n1. The van der Waals surface area contributed by atoms with Gasteiger partial charge in [0.2, 0.25) is 11.1 Å². The largest absolute Gasteiger partial charge is 0.435 e. The quantitative estimate of drug-likeness (QED) is 0.443. The van der Waals surface area contributed by atoms with Crippen molar-refractivity contribution in [2.75, 3.05) is 11.2 Å². The van der Waals surface area contributed by atoms with Gasteiger partial charge in [0.05, 0.1) is 10.9 Å². The first kappa shape index (κ1) is 20.6. The molecule has 0 aliphatic heterocycles. The lowest BCUT2D eigenvalue weighted by molar-refractivity contribution is -0.115. The molecular formula is C17H19F2N7O2S. The Morgan fingerprint density at radius 1 is 1.24 bits per heavy atom. The molecule has 0 saturated heterocycles. The molecule has 29 heavy (non-hydrogen) atoms. The Labute approximate surface area is 169 Å². The van der Waals surface area contributed by atoms with Gasteiger partial charge in [-0.15, -0.1) is 10.2 Å². The number of hydrogen-bond donors (Lipinski definition) is 2. The number of nitrogen functional groups attached to an aromatic ring is 1. The Morgan fingerprint density at radius 3 is 2.52 bits per heavy atom. The molecule has 0 bridgehead atoms. The summed E-state index contributed by atoms with van der Waals surface area (Å²) in [6, 6.07) is 7.52. The lowest BCUT2D eigenvalue weighted by Gasteiger charge is -2.12. The average Bonchev–Trinajstić information content (AvgIpc) is 3.17. The number of rotatable bonds is 7. The van der Waals surface area contributed by atoms with Crippen LogP contribution in [-0.2, 0) is 4.79 Å². The molecule has 12 heteroatoms. The Balaban J connectivity index is 1.65. The standard InChI is InChI=1S/C17H19F2N7O2S/c1-9-8-10(2)26(24-9)16-22-23-17(25(16)20)29-11(3)14(27)21-12-4-6-13(7-5-12)28-15(18)19/h4-8,11,15H,20H2,1-3H3,(H,21,27). The maximum Gasteiger partial charge on any atom is 0.387 e. The highest BCUT2D eigenvalue weighted by Crippen LogP contribution is 2.24. The third-order valence-electron chi connectivity index (χ3n) is 3.84. The smallest absolute Gasteiger partial charge is 0.387 e. The summed E-state index contributed by atoms with van der Waals surface area (Å²) in [6.07, 6.45) is 0. The highest BCUT2D eigenvalue weighted by atomic mass is 32.2. The van der Waals surface area contributed by atoms with Gasteiger partial charge in [0, 0.05) is 11.4 Å². The second-order valence-corrected chi connectivity index (χ2v) is 7.45. The summed E-state index contributed by atoms with van der Waals surface area (Å²) in [7, 11) is 0. The van der Waals surface area contributed by atoms with E-state index in [-0.39, 0.29) is 11.7 Å². The number of carbonyl (C=O) groups excluding carboxylic acids is 1. The van der Waals surface area contributed by atoms with E-state index in [1.54, 1.807) is 11.6 Å². The lowest BCUT2D eigenvalue weighted by Crippen LogP contribution is -2.24. The summed E-state index contributed by atoms with van der Waals surface area (Å²) >= 11 is 1.12. The molecular weight excluding hydrogens is 404 g/mol. The fraction of sp³-hybridized carbons (Fsp3) is 0.294. The number of aryl methyl sites for hydroxylation is 2. The molecule has 0 spiro atoms. The van der Waals surface area contributed by atoms with Crippen molar-refractivity contribution in [2.45, 2.75) is 37.8 Å². The molecule has 0 aliphatic rings. The van der Waals surface area contributed by atoms with E-state index in [4.69, 9.17) is 5.84 Å². The molecule has 0 radical (unpaired) electrons. The van der Waals surface area contributed by atoms with E-state index >= 15 is 0 Å². The summed E-state index contributed by atoms with van der Waals surface area (Å²) in [6.45, 7) is 2.51. The van der Waals surface area contributed by atoms with Gasteiger partial charge >= 0.3 is 6.61 Å². The maximum absolute atomic E-state index is 12.4. The lowest BCUT2D eigenvalue weighted by atomic mass is 10.3. The predicted octanol–water partition coefficient (Wildman–Crippen LogP) is 2.52. The van der Waals surface area contributed by atoms with Crippen LogP contribution in [0.2, 0.25) is 0 Å². The molecule has 1 atom stereocenters. The van der Waals surface area contributed by atoms with Crippen LogP contribution < -0.4 is 15.9 Å². The first-order valence-corrected chi connectivity index (χ1v) is 9.39. The molecule has 2 aromatic heterocycles. The summed E-state index contributed by atoms with van der Waals surface area (Å²) in [4.78, 5) is 12.4. The van der Waals surface area contributed by atoms with E-state index in [1.165, 1.54) is 28.9 Å². The van der Waals surface area contributed by atoms with Crippen LogP contribution in [0.3, 0.4) is 0 Å². The molecule has 0 aliphatic carbocycles. The fourth-order valence-corrected chi connectivity index (χ4v) is 3.27. The van der Waals surface area contributed by atoms with Gasteiger partial charge < -0.3 is 15.9 Å². The number of ether oxygens (including phenoxy) is 1. The van der Waals surface area contributed by atoms with E-state index in [0.717, 1.165) is 23.1 Å². The van der Waals surface area contributed by atoms with E-state index in [9.17, 15) is 13.6 Å². The number of thioether (sulfide) groups is 1. The minimum atomic E-state index is -2.90. The number of carbonyl (C=O) groups is 1. The van der Waals surface area contributed by atoms with Crippen molar-refractivity contribution in [2.24, 2.45) is 0 Å². The first-order chi connectivity index (χ1) is 13.7. The third-order valence-corrected chi connectivity index (χ3v) is 4.90. The normalized spacial score (nSPS) is 12.2. The van der Waals surface area contributed by atoms with Gasteiger partial charge in [-0.25, -0.2) is 9.36 Å². The number of nitrogens with two attached hydrogens (primary N) is 1. The van der Waals surface area contributed by atoms with Gasteiger partial charge in [0.25, 0.3) is 5.95 Å². The molecule has 3 N–H and O–H groups in total. The van der Waals surface area contributed by atoms with Gasteiger partial charge in [-0.05, 0) is 51.1 Å². The number of nitrogens with zero attached hydrogens (tertiary/aromatic N) is 5. The Kier molecular flexibility index (Phi) is 6.01. The average molecular weight is 423 g/mol. The number of halogens is 2. The Hall–Kier alpha value is -3.15. The van der Waals surface area contributed by atoms with Crippen LogP contribution in [-0.4, -0.2) is 42.4 Å². The van der Waals surface area contributed by atoms with E-state index in [2.05, 4.69) is 25.3 Å². The van der Waals surface area contributed by atoms with Crippen LogP contribution in [0, 0.1) is 13.8 Å². The zero-order chi connectivity index (χ0) is 21.1. The van der Waals surface area contributed by atoms with Crippen molar-refractivity contribution in [3.05, 3.63) is 41.7 Å². The highest BCUT2D eigenvalue weighted by molar-refractivity contribution is 8.00. The van der Waals surface area contributed by atoms with Crippen molar-refractivity contribution in [1.82, 2.24) is 24.7 Å². The van der Waals surface area contributed by atoms with E-state index in [0.29, 0.717) is 16.8 Å². The number of hydrogen-bond acceptors (Lipinski definition) is 7. The van der Waals surface area contributed by atoms with Gasteiger partial charge in [-0.1, -0.05) is 11.8 Å². The van der Waals surface area contributed by atoms with Crippen molar-refractivity contribution >= 4 is 23.4 Å². The minimum Gasteiger partial charge on any atom is -0.435 e. The second kappa shape index (κ2) is 8.47. The van der Waals surface area contributed by atoms with Crippen LogP contribution in [0.4, 0.5) is 14.5 Å². The topological polar surface area (TPSA) is 113 Å². The zero-order valence-electron chi connectivity index (χ0n) is 15.8. The van der Waals surface area contributed by atoms with Gasteiger partial charge in [0.1, 0.15) is 5.75 Å². The third kappa shape index (κ3) is 4.83. The van der Waals surface area contributed by atoms with Crippen molar-refractivity contribution in [3.8, 4) is 11.7 Å². The first-order valence-electron chi connectivity index (χ1n) is 8.51. The summed E-state index contributed by atoms with van der Waals surface area (Å²) in [5.41, 5.74) is 2.11. The number of nitrogens with one attached hydrogen (secondary N) is 1. The minimum absolute atomic E-state index is 0.00772. The van der Waals surface area contributed by atoms with Gasteiger partial charge in [0.15, 0.2) is 0 Å². The van der Waals surface area contributed by atoms with E-state index < -0.39 is 11.9 Å². The summed E-state index contributed by atoms with van der Waals surface area (Å²) in [5.74, 6) is 6.10. The van der Waals surface area contributed by atoms with Crippen LogP contribution in [0.15, 0.2) is 35.5 Å². The number of aromatic nitrogens is 5. The number of benzene rings is 1. The van der Waals surface area contributed by atoms with Crippen LogP contribution in [0.5, 0.6) is 5.75 Å². The number of alkyl halides is 2. The molecule has 1 amide bonds. The van der Waals surface area contributed by atoms with Crippen LogP contribution in [0.25, 0.3) is 5.95 Å². The molecule has 3 aromatic rings. The van der Waals surface area contributed by atoms with Gasteiger partial charge in [-0.3, -0.25) is 4.79 Å². The molecule has 1 unspecified atom stereocenters. The Bertz CT molecular complexity index is 1000.